The van der Waals surface area contributed by atoms with Crippen molar-refractivity contribution >= 4 is 5.97 Å². The van der Waals surface area contributed by atoms with Crippen molar-refractivity contribution < 1.29 is 14.3 Å². The second kappa shape index (κ2) is 8.23. The van der Waals surface area contributed by atoms with Crippen LogP contribution in [0.5, 0.6) is 11.5 Å². The van der Waals surface area contributed by atoms with Gasteiger partial charge in [0.25, 0.3) is 0 Å². The number of aryl methyl sites for hydroxylation is 1. The van der Waals surface area contributed by atoms with Crippen molar-refractivity contribution in [1.82, 2.24) is 0 Å². The number of hydrogen-bond acceptors (Lipinski definition) is 3. The number of carbonyl (C=O) groups is 1. The quantitative estimate of drug-likeness (QED) is 0.424. The van der Waals surface area contributed by atoms with Crippen LogP contribution in [0.3, 0.4) is 0 Å². The monoisotopic (exact) mass is 298 g/mol. The van der Waals surface area contributed by atoms with E-state index in [1.165, 1.54) is 5.56 Å². The molecule has 2 aromatic carbocycles. The predicted molar refractivity (Wildman–Crippen MR) is 87.6 cm³/mol. The molecule has 0 bridgehead atoms. The fourth-order valence-electron chi connectivity index (χ4n) is 1.98. The van der Waals surface area contributed by atoms with E-state index < -0.39 is 0 Å². The molecule has 3 nitrogen and oxygen atoms in total. The molecular weight excluding hydrogens is 276 g/mol. The zero-order valence-electron chi connectivity index (χ0n) is 13.2. The summed E-state index contributed by atoms with van der Waals surface area (Å²) in [6.45, 7) is 4.91. The molecule has 0 heterocycles. The maximum atomic E-state index is 12.1. The van der Waals surface area contributed by atoms with Crippen LogP contribution in [-0.4, -0.2) is 12.6 Å². The molecule has 22 heavy (non-hydrogen) atoms. The highest BCUT2D eigenvalue weighted by Crippen LogP contribution is 2.17. The van der Waals surface area contributed by atoms with Crippen molar-refractivity contribution in [2.24, 2.45) is 0 Å². The van der Waals surface area contributed by atoms with E-state index in [9.17, 15) is 4.79 Å². The molecule has 2 rings (SSSR count). The van der Waals surface area contributed by atoms with E-state index >= 15 is 0 Å². The van der Waals surface area contributed by atoms with Gasteiger partial charge in [-0.15, -0.1) is 0 Å². The third-order valence-electron chi connectivity index (χ3n) is 3.40. The summed E-state index contributed by atoms with van der Waals surface area (Å²) in [5, 5.41) is 0. The number of carbonyl (C=O) groups excluding carboxylic acids is 1. The largest absolute Gasteiger partial charge is 0.494 e. The van der Waals surface area contributed by atoms with Crippen LogP contribution in [0.25, 0.3) is 0 Å². The Hall–Kier alpha value is -2.29. The van der Waals surface area contributed by atoms with Gasteiger partial charge < -0.3 is 9.47 Å². The molecule has 0 saturated carbocycles. The van der Waals surface area contributed by atoms with Crippen molar-refractivity contribution in [3.05, 3.63) is 59.7 Å². The van der Waals surface area contributed by atoms with Crippen molar-refractivity contribution in [3.63, 3.8) is 0 Å². The molecule has 0 spiro atoms. The number of rotatable bonds is 7. The van der Waals surface area contributed by atoms with Crippen LogP contribution in [0.1, 0.15) is 42.6 Å². The van der Waals surface area contributed by atoms with Crippen LogP contribution >= 0.6 is 0 Å². The van der Waals surface area contributed by atoms with Gasteiger partial charge in [0, 0.05) is 0 Å². The van der Waals surface area contributed by atoms with E-state index in [0.29, 0.717) is 17.9 Å². The molecule has 0 aromatic heterocycles. The van der Waals surface area contributed by atoms with E-state index in [0.717, 1.165) is 25.0 Å². The predicted octanol–water partition coefficient (Wildman–Crippen LogP) is 4.65. The molecule has 0 unspecified atom stereocenters. The van der Waals surface area contributed by atoms with Crippen LogP contribution in [0.15, 0.2) is 48.5 Å². The van der Waals surface area contributed by atoms with E-state index in [4.69, 9.17) is 9.47 Å². The first kappa shape index (κ1) is 16.1. The van der Waals surface area contributed by atoms with Gasteiger partial charge in [-0.05, 0) is 54.8 Å². The molecule has 0 radical (unpaired) electrons. The van der Waals surface area contributed by atoms with Crippen LogP contribution < -0.4 is 9.47 Å². The van der Waals surface area contributed by atoms with Crippen molar-refractivity contribution in [1.29, 1.82) is 0 Å². The molecule has 2 aromatic rings. The minimum absolute atomic E-state index is 0.357. The molecule has 0 saturated heterocycles. The average Bonchev–Trinajstić information content (AvgIpc) is 2.56. The lowest BCUT2D eigenvalue weighted by molar-refractivity contribution is 0.0734. The lowest BCUT2D eigenvalue weighted by Gasteiger charge is -2.07. The Morgan fingerprint density at radius 3 is 2.14 bits per heavy atom. The van der Waals surface area contributed by atoms with E-state index in [1.807, 2.05) is 24.3 Å². The first-order valence-corrected chi connectivity index (χ1v) is 7.77. The van der Waals surface area contributed by atoms with Gasteiger partial charge in [0.1, 0.15) is 11.5 Å². The fraction of sp³-hybridized carbons (Fsp3) is 0.316. The Balaban J connectivity index is 1.94. The highest BCUT2D eigenvalue weighted by atomic mass is 16.5. The average molecular weight is 298 g/mol. The summed E-state index contributed by atoms with van der Waals surface area (Å²) in [6.07, 6.45) is 3.09. The molecule has 3 heteroatoms. The highest BCUT2D eigenvalue weighted by Gasteiger charge is 2.08. The lowest BCUT2D eigenvalue weighted by atomic mass is 10.2. The zero-order valence-corrected chi connectivity index (χ0v) is 13.2. The van der Waals surface area contributed by atoms with Gasteiger partial charge in [0.15, 0.2) is 0 Å². The van der Waals surface area contributed by atoms with E-state index in [-0.39, 0.29) is 5.97 Å². The second-order valence-electron chi connectivity index (χ2n) is 5.11. The Morgan fingerprint density at radius 1 is 0.909 bits per heavy atom. The summed E-state index contributed by atoms with van der Waals surface area (Å²) in [6, 6.07) is 14.6. The van der Waals surface area contributed by atoms with Gasteiger partial charge in [-0.25, -0.2) is 4.79 Å². The van der Waals surface area contributed by atoms with Gasteiger partial charge in [-0.3, -0.25) is 0 Å². The molecule has 116 valence electrons. The summed E-state index contributed by atoms with van der Waals surface area (Å²) in [5.41, 5.74) is 1.73. The minimum Gasteiger partial charge on any atom is -0.494 e. The molecular formula is C19H22O3. The summed E-state index contributed by atoms with van der Waals surface area (Å²) in [4.78, 5) is 12.1. The Labute approximate surface area is 131 Å². The Kier molecular flexibility index (Phi) is 6.01. The Bertz CT molecular complexity index is 585. The van der Waals surface area contributed by atoms with E-state index in [2.05, 4.69) is 13.8 Å². The fourth-order valence-corrected chi connectivity index (χ4v) is 1.98. The van der Waals surface area contributed by atoms with Crippen molar-refractivity contribution in [2.45, 2.75) is 33.1 Å². The van der Waals surface area contributed by atoms with E-state index in [1.54, 1.807) is 24.3 Å². The number of benzene rings is 2. The van der Waals surface area contributed by atoms with Gasteiger partial charge in [0.2, 0.25) is 0 Å². The van der Waals surface area contributed by atoms with Crippen LogP contribution in [-0.2, 0) is 6.42 Å². The van der Waals surface area contributed by atoms with Crippen molar-refractivity contribution in [2.75, 3.05) is 6.61 Å². The molecule has 0 aliphatic rings. The highest BCUT2D eigenvalue weighted by molar-refractivity contribution is 5.91. The zero-order chi connectivity index (χ0) is 15.8. The lowest BCUT2D eigenvalue weighted by Crippen LogP contribution is -2.08. The van der Waals surface area contributed by atoms with Gasteiger partial charge in [-0.2, -0.15) is 0 Å². The summed E-state index contributed by atoms with van der Waals surface area (Å²) in [5.74, 6) is 0.979. The number of unbranched alkanes of at least 4 members (excludes halogenated alkanes) is 1. The third kappa shape index (κ3) is 4.62. The van der Waals surface area contributed by atoms with Crippen molar-refractivity contribution in [3.8, 4) is 11.5 Å². The Morgan fingerprint density at radius 2 is 1.55 bits per heavy atom. The molecule has 0 aliphatic carbocycles. The van der Waals surface area contributed by atoms with Gasteiger partial charge >= 0.3 is 5.97 Å². The normalized spacial score (nSPS) is 10.3. The van der Waals surface area contributed by atoms with Gasteiger partial charge in [-0.1, -0.05) is 32.4 Å². The molecule has 0 fully saturated rings. The SMILES string of the molecule is CCCCOc1ccc(C(=O)Oc2ccc(CC)cc2)cc1. The number of ether oxygens (including phenoxy) is 2. The number of hydrogen-bond donors (Lipinski definition) is 0. The molecule has 0 aliphatic heterocycles. The smallest absolute Gasteiger partial charge is 0.343 e. The first-order valence-electron chi connectivity index (χ1n) is 7.77. The van der Waals surface area contributed by atoms with Gasteiger partial charge in [0.05, 0.1) is 12.2 Å². The maximum absolute atomic E-state index is 12.1. The summed E-state index contributed by atoms with van der Waals surface area (Å²) >= 11 is 0. The first-order chi connectivity index (χ1) is 10.7. The molecule has 0 N–H and O–H groups in total. The minimum atomic E-state index is -0.357. The van der Waals surface area contributed by atoms with Crippen LogP contribution in [0.4, 0.5) is 0 Å². The third-order valence-corrected chi connectivity index (χ3v) is 3.40. The van der Waals surface area contributed by atoms with Crippen LogP contribution in [0.2, 0.25) is 0 Å². The molecule has 0 atom stereocenters. The topological polar surface area (TPSA) is 35.5 Å². The number of esters is 1. The molecule has 0 amide bonds. The summed E-state index contributed by atoms with van der Waals surface area (Å²) in [7, 11) is 0. The maximum Gasteiger partial charge on any atom is 0.343 e. The second-order valence-corrected chi connectivity index (χ2v) is 5.11. The standard InChI is InChI=1S/C19H22O3/c1-3-5-14-21-17-12-8-16(9-13-17)19(20)22-18-10-6-15(4-2)7-11-18/h6-13H,3-5,14H2,1-2H3. The van der Waals surface area contributed by atoms with Crippen LogP contribution in [0, 0.1) is 0 Å². The summed E-state index contributed by atoms with van der Waals surface area (Å²) < 4.78 is 10.9.